The van der Waals surface area contributed by atoms with E-state index in [9.17, 15) is 9.18 Å². The summed E-state index contributed by atoms with van der Waals surface area (Å²) in [4.78, 5) is 20.5. The molecule has 33 heavy (non-hydrogen) atoms. The molecule has 0 unspecified atom stereocenters. The summed E-state index contributed by atoms with van der Waals surface area (Å²) in [6.07, 6.45) is -0.775. The van der Waals surface area contributed by atoms with Gasteiger partial charge in [0.25, 0.3) is 0 Å². The van der Waals surface area contributed by atoms with Gasteiger partial charge in [-0.25, -0.2) is 9.37 Å². The zero-order valence-electron chi connectivity index (χ0n) is 19.9. The van der Waals surface area contributed by atoms with E-state index in [1.807, 2.05) is 31.2 Å². The number of nitrogens with zero attached hydrogens (tertiary/aromatic N) is 1. The molecule has 0 saturated heterocycles. The lowest BCUT2D eigenvalue weighted by Gasteiger charge is -2.15. The maximum atomic E-state index is 13.4. The fourth-order valence-electron chi connectivity index (χ4n) is 3.96. The summed E-state index contributed by atoms with van der Waals surface area (Å²) < 4.78 is 24.9. The normalized spacial score (nSPS) is 17.9. The summed E-state index contributed by atoms with van der Waals surface area (Å²) in [5.74, 6) is 0.272. The van der Waals surface area contributed by atoms with Crippen molar-refractivity contribution in [3.63, 3.8) is 0 Å². The molecule has 4 rings (SSSR count). The maximum absolute atomic E-state index is 13.4. The van der Waals surface area contributed by atoms with Gasteiger partial charge < -0.3 is 19.8 Å². The summed E-state index contributed by atoms with van der Waals surface area (Å²) in [6.45, 7) is 10.00. The number of halogens is 1. The zero-order valence-corrected chi connectivity index (χ0v) is 20.9. The van der Waals surface area contributed by atoms with Crippen LogP contribution in [0, 0.1) is 12.8 Å². The van der Waals surface area contributed by atoms with E-state index in [-0.39, 0.29) is 12.3 Å². The van der Waals surface area contributed by atoms with Crippen LogP contribution < -0.4 is 10.1 Å². The summed E-state index contributed by atoms with van der Waals surface area (Å²) in [5.41, 5.74) is 4.51. The highest BCUT2D eigenvalue weighted by Crippen LogP contribution is 2.38. The summed E-state index contributed by atoms with van der Waals surface area (Å²) in [5, 5.41) is 3.76. The van der Waals surface area contributed by atoms with Gasteiger partial charge in [0.05, 0.1) is 36.5 Å². The number of aryl methyl sites for hydroxylation is 1. The predicted molar refractivity (Wildman–Crippen MR) is 132 cm³/mol. The summed E-state index contributed by atoms with van der Waals surface area (Å²) in [6, 6.07) is 10.7. The maximum Gasteiger partial charge on any atom is 0.231 e. The molecule has 2 heterocycles. The summed E-state index contributed by atoms with van der Waals surface area (Å²) in [7, 11) is 0.439. The largest absolute Gasteiger partial charge is 0.496 e. The van der Waals surface area contributed by atoms with Crippen molar-refractivity contribution in [3.8, 4) is 17.0 Å². The number of carbonyl (C=O) groups is 1. The number of H-pyrrole nitrogens is 1. The fourth-order valence-corrected chi connectivity index (χ4v) is 4.72. The van der Waals surface area contributed by atoms with Gasteiger partial charge in [-0.15, -0.1) is 0 Å². The van der Waals surface area contributed by atoms with Crippen molar-refractivity contribution in [2.75, 3.05) is 19.0 Å². The van der Waals surface area contributed by atoms with Gasteiger partial charge in [-0.05, 0) is 37.1 Å². The van der Waals surface area contributed by atoms with Crippen LogP contribution in [0.15, 0.2) is 30.3 Å². The second kappa shape index (κ2) is 9.27. The zero-order chi connectivity index (χ0) is 23.8. The molecular weight excluding hydrogens is 437 g/mol. The molecule has 3 aromatic rings. The van der Waals surface area contributed by atoms with Crippen LogP contribution in [0.4, 0.5) is 10.2 Å². The van der Waals surface area contributed by atoms with Gasteiger partial charge in [-0.2, -0.15) is 0 Å². The van der Waals surface area contributed by atoms with Gasteiger partial charge in [0.15, 0.2) is 0 Å². The lowest BCUT2D eigenvalue weighted by atomic mass is 10.0. The number of alkyl halides is 1. The molecule has 176 valence electrons. The van der Waals surface area contributed by atoms with Crippen molar-refractivity contribution in [1.29, 1.82) is 0 Å². The fraction of sp³-hybridized carbons (Fsp3) is 0.440. The Bertz CT molecular complexity index is 1170. The van der Waals surface area contributed by atoms with Gasteiger partial charge >= 0.3 is 0 Å². The first-order valence-corrected chi connectivity index (χ1v) is 15.1. The Balaban J connectivity index is 1.71. The Morgan fingerprint density at radius 1 is 1.30 bits per heavy atom. The van der Waals surface area contributed by atoms with Crippen molar-refractivity contribution in [3.05, 3.63) is 41.6 Å². The minimum absolute atomic E-state index is 0.278. The van der Waals surface area contributed by atoms with E-state index in [0.29, 0.717) is 19.0 Å². The number of methoxy groups -OCH3 is 1. The Morgan fingerprint density at radius 2 is 2.03 bits per heavy atom. The molecule has 1 aromatic carbocycles. The first-order chi connectivity index (χ1) is 15.7. The highest BCUT2D eigenvalue weighted by molar-refractivity contribution is 6.76. The molecule has 1 amide bonds. The number of pyridine rings is 1. The van der Waals surface area contributed by atoms with Gasteiger partial charge in [-0.3, -0.25) is 4.79 Å². The molecule has 6 nitrogen and oxygen atoms in total. The third-order valence-corrected chi connectivity index (χ3v) is 7.72. The topological polar surface area (TPSA) is 76.2 Å². The Morgan fingerprint density at radius 3 is 2.70 bits per heavy atom. The van der Waals surface area contributed by atoms with Crippen LogP contribution in [-0.2, 0) is 16.1 Å². The molecule has 1 aliphatic rings. The van der Waals surface area contributed by atoms with Crippen LogP contribution in [0.25, 0.3) is 22.2 Å². The highest BCUT2D eigenvalue weighted by atomic mass is 28.3. The Kier molecular flexibility index (Phi) is 6.58. The third-order valence-electron chi connectivity index (χ3n) is 6.02. The van der Waals surface area contributed by atoms with E-state index in [4.69, 9.17) is 14.5 Å². The van der Waals surface area contributed by atoms with Crippen molar-refractivity contribution in [2.45, 2.75) is 51.8 Å². The number of nitrogens with one attached hydrogen (secondary N) is 2. The number of hydrogen-bond acceptors (Lipinski definition) is 4. The first kappa shape index (κ1) is 23.4. The number of ether oxygens (including phenoxy) is 2. The molecule has 1 aliphatic carbocycles. The Hall–Kier alpha value is -2.71. The van der Waals surface area contributed by atoms with Crippen LogP contribution >= 0.6 is 0 Å². The third kappa shape index (κ3) is 5.28. The van der Waals surface area contributed by atoms with Gasteiger partial charge in [-0.1, -0.05) is 31.8 Å². The van der Waals surface area contributed by atoms with Crippen molar-refractivity contribution in [2.24, 2.45) is 5.92 Å². The average Bonchev–Trinajstić information content (AvgIpc) is 3.41. The van der Waals surface area contributed by atoms with Gasteiger partial charge in [0, 0.05) is 31.7 Å². The number of hydrogen-bond donors (Lipinski definition) is 2. The number of para-hydroxylation sites is 1. The van der Waals surface area contributed by atoms with Crippen LogP contribution in [0.1, 0.15) is 17.7 Å². The number of fused-ring (bicyclic) bond motifs is 1. The molecule has 2 aromatic heterocycles. The van der Waals surface area contributed by atoms with Crippen LogP contribution in [-0.4, -0.2) is 43.8 Å². The number of aromatic amines is 1. The number of aromatic nitrogens is 2. The smallest absolute Gasteiger partial charge is 0.231 e. The van der Waals surface area contributed by atoms with Crippen molar-refractivity contribution in [1.82, 2.24) is 9.97 Å². The van der Waals surface area contributed by atoms with E-state index in [2.05, 4.69) is 29.9 Å². The SMILES string of the molecule is COc1ccccc1-c1[nH]c2cc(NC(=O)[C@@H]3C[C@@H]3F)nc(COCC[Si](C)(C)C)c2c1C. The lowest BCUT2D eigenvalue weighted by molar-refractivity contribution is -0.117. The second-order valence-corrected chi connectivity index (χ2v) is 15.5. The molecule has 0 bridgehead atoms. The van der Waals surface area contributed by atoms with Crippen LogP contribution in [0.5, 0.6) is 5.75 Å². The predicted octanol–water partition coefficient (Wildman–Crippen LogP) is 5.70. The minimum Gasteiger partial charge on any atom is -0.496 e. The Labute approximate surface area is 194 Å². The van der Waals surface area contributed by atoms with Crippen molar-refractivity contribution < 1.29 is 18.7 Å². The van der Waals surface area contributed by atoms with Crippen LogP contribution in [0.2, 0.25) is 25.7 Å². The minimum atomic E-state index is -1.21. The van der Waals surface area contributed by atoms with Crippen LogP contribution in [0.3, 0.4) is 0 Å². The molecule has 1 saturated carbocycles. The van der Waals surface area contributed by atoms with Gasteiger partial charge in [0.2, 0.25) is 5.91 Å². The second-order valence-electron chi connectivity index (χ2n) is 9.91. The number of benzene rings is 1. The molecule has 2 atom stereocenters. The first-order valence-electron chi connectivity index (χ1n) is 11.4. The van der Waals surface area contributed by atoms with Crippen molar-refractivity contribution >= 4 is 30.7 Å². The molecule has 0 radical (unpaired) electrons. The van der Waals surface area contributed by atoms with E-state index >= 15 is 0 Å². The number of amides is 1. The highest BCUT2D eigenvalue weighted by Gasteiger charge is 2.43. The van der Waals surface area contributed by atoms with E-state index in [1.165, 1.54) is 0 Å². The van der Waals surface area contributed by atoms with E-state index in [1.54, 1.807) is 13.2 Å². The quantitative estimate of drug-likeness (QED) is 0.311. The average molecular weight is 470 g/mol. The lowest BCUT2D eigenvalue weighted by Crippen LogP contribution is -2.21. The molecule has 0 spiro atoms. The molecule has 8 heteroatoms. The molecule has 2 N–H and O–H groups in total. The van der Waals surface area contributed by atoms with E-state index < -0.39 is 20.2 Å². The molecular formula is C25H32FN3O3Si. The van der Waals surface area contributed by atoms with Gasteiger partial charge in [0.1, 0.15) is 17.7 Å². The number of rotatable bonds is 9. The molecule has 0 aliphatic heterocycles. The number of carbonyl (C=O) groups excluding carboxylic acids is 1. The standard InChI is InChI=1S/C25H32FN3O3Si/c1-15-23-19(28-24(15)16-8-6-7-9-21(16)31-2)13-22(29-25(30)17-12-18(17)26)27-20(23)14-32-10-11-33(3,4)5/h6-9,13,17-18,28H,10-12,14H2,1-5H3,(H,27,29,30)/t17-,18+/m1/s1. The number of anilines is 1. The summed E-state index contributed by atoms with van der Waals surface area (Å²) >= 11 is 0. The monoisotopic (exact) mass is 469 g/mol. The molecule has 1 fully saturated rings. The van der Waals surface area contributed by atoms with E-state index in [0.717, 1.165) is 45.2 Å².